The lowest BCUT2D eigenvalue weighted by molar-refractivity contribution is -0.136. The molecule has 0 aromatic heterocycles. The highest BCUT2D eigenvalue weighted by Crippen LogP contribution is 2.25. The summed E-state index contributed by atoms with van der Waals surface area (Å²) >= 11 is 0. The summed E-state index contributed by atoms with van der Waals surface area (Å²) in [5.74, 6) is -1.46. The number of fused-ring (bicyclic) bond motifs is 1. The standard InChI is InChI=1S/C14H17NO4S/c1-2-11(14(17)18)20(19)12-8-7-9-5-3-4-6-10(9)15-13(12)16/h3-6,11-12H,2,7-8H2,1H3,(H,15,16)(H,17,18). The molecular weight excluding hydrogens is 278 g/mol. The lowest BCUT2D eigenvalue weighted by Crippen LogP contribution is -2.38. The SMILES string of the molecule is CCC(C(=O)O)S(=O)C1CCc2ccccc2NC1=O. The largest absolute Gasteiger partial charge is 0.480 e. The Kier molecular flexibility index (Phi) is 4.54. The number of nitrogens with one attached hydrogen (secondary N) is 1. The zero-order valence-corrected chi connectivity index (χ0v) is 12.0. The van der Waals surface area contributed by atoms with Crippen LogP contribution in [0.4, 0.5) is 5.69 Å². The van der Waals surface area contributed by atoms with Crippen LogP contribution in [0, 0.1) is 0 Å². The van der Waals surface area contributed by atoms with Crippen molar-refractivity contribution in [3.05, 3.63) is 29.8 Å². The fourth-order valence-corrected chi connectivity index (χ4v) is 3.89. The Balaban J connectivity index is 2.22. The molecule has 5 nitrogen and oxygen atoms in total. The highest BCUT2D eigenvalue weighted by atomic mass is 32.2. The van der Waals surface area contributed by atoms with Crippen molar-refractivity contribution in [1.29, 1.82) is 0 Å². The molecule has 2 N–H and O–H groups in total. The normalized spacial score (nSPS) is 21.2. The topological polar surface area (TPSA) is 83.5 Å². The number of carbonyl (C=O) groups excluding carboxylic acids is 1. The van der Waals surface area contributed by atoms with Gasteiger partial charge in [0.2, 0.25) is 5.91 Å². The molecule has 1 aliphatic rings. The number of carboxylic acid groups (broad SMARTS) is 1. The Hall–Kier alpha value is -1.69. The van der Waals surface area contributed by atoms with Gasteiger partial charge < -0.3 is 10.4 Å². The third-order valence-electron chi connectivity index (χ3n) is 3.45. The third-order valence-corrected chi connectivity index (χ3v) is 5.56. The van der Waals surface area contributed by atoms with Gasteiger partial charge in [0, 0.05) is 16.5 Å². The van der Waals surface area contributed by atoms with Crippen LogP contribution in [0.25, 0.3) is 0 Å². The number of rotatable bonds is 4. The van der Waals surface area contributed by atoms with E-state index in [1.165, 1.54) is 0 Å². The van der Waals surface area contributed by atoms with Crippen LogP contribution in [0.5, 0.6) is 0 Å². The Labute approximate surface area is 119 Å². The van der Waals surface area contributed by atoms with Crippen molar-refractivity contribution in [3.63, 3.8) is 0 Å². The van der Waals surface area contributed by atoms with E-state index < -0.39 is 27.3 Å². The first kappa shape index (κ1) is 14.7. The minimum Gasteiger partial charge on any atom is -0.480 e. The Morgan fingerprint density at radius 3 is 2.85 bits per heavy atom. The van der Waals surface area contributed by atoms with E-state index in [0.717, 1.165) is 11.3 Å². The molecule has 1 aromatic carbocycles. The fourth-order valence-electron chi connectivity index (χ4n) is 2.35. The van der Waals surface area contributed by atoms with Crippen LogP contribution in [-0.4, -0.2) is 31.7 Å². The Morgan fingerprint density at radius 2 is 2.20 bits per heavy atom. The number of benzene rings is 1. The van der Waals surface area contributed by atoms with Gasteiger partial charge in [-0.05, 0) is 30.9 Å². The van der Waals surface area contributed by atoms with Crippen LogP contribution < -0.4 is 5.32 Å². The van der Waals surface area contributed by atoms with Gasteiger partial charge in [0.05, 0.1) is 0 Å². The van der Waals surface area contributed by atoms with Crippen LogP contribution in [0.2, 0.25) is 0 Å². The maximum absolute atomic E-state index is 12.4. The molecular formula is C14H17NO4S. The number of aliphatic carboxylic acids is 1. The average Bonchev–Trinajstić information content (AvgIpc) is 2.57. The van der Waals surface area contributed by atoms with Gasteiger partial charge >= 0.3 is 5.97 Å². The number of hydrogen-bond acceptors (Lipinski definition) is 3. The minimum absolute atomic E-state index is 0.249. The summed E-state index contributed by atoms with van der Waals surface area (Å²) in [6, 6.07) is 7.42. The monoisotopic (exact) mass is 295 g/mol. The molecule has 0 fully saturated rings. The molecule has 1 aromatic rings. The molecule has 1 amide bonds. The van der Waals surface area contributed by atoms with Crippen LogP contribution >= 0.6 is 0 Å². The summed E-state index contributed by atoms with van der Waals surface area (Å²) in [6.07, 6.45) is 1.26. The van der Waals surface area contributed by atoms with Crippen molar-refractivity contribution >= 4 is 28.4 Å². The first-order valence-corrected chi connectivity index (χ1v) is 7.83. The van der Waals surface area contributed by atoms with Gasteiger partial charge in [0.1, 0.15) is 10.5 Å². The summed E-state index contributed by atoms with van der Waals surface area (Å²) in [6.45, 7) is 1.67. The lowest BCUT2D eigenvalue weighted by atomic mass is 10.1. The molecule has 0 spiro atoms. The van der Waals surface area contributed by atoms with E-state index in [0.29, 0.717) is 12.8 Å². The van der Waals surface area contributed by atoms with Crippen LogP contribution in [0.15, 0.2) is 24.3 Å². The molecule has 2 rings (SSSR count). The Morgan fingerprint density at radius 1 is 1.50 bits per heavy atom. The molecule has 3 atom stereocenters. The fraction of sp³-hybridized carbons (Fsp3) is 0.429. The van der Waals surface area contributed by atoms with E-state index >= 15 is 0 Å². The van der Waals surface area contributed by atoms with Crippen LogP contribution in [-0.2, 0) is 26.8 Å². The highest BCUT2D eigenvalue weighted by molar-refractivity contribution is 7.87. The maximum Gasteiger partial charge on any atom is 0.319 e. The molecule has 3 unspecified atom stereocenters. The number of carboxylic acids is 1. The second-order valence-corrected chi connectivity index (χ2v) is 6.53. The first-order chi connectivity index (χ1) is 9.54. The van der Waals surface area contributed by atoms with E-state index in [9.17, 15) is 13.8 Å². The van der Waals surface area contributed by atoms with Gasteiger partial charge in [-0.2, -0.15) is 0 Å². The smallest absolute Gasteiger partial charge is 0.319 e. The number of hydrogen-bond donors (Lipinski definition) is 2. The molecule has 0 radical (unpaired) electrons. The van der Waals surface area contributed by atoms with Crippen molar-refractivity contribution in [2.45, 2.75) is 36.7 Å². The molecule has 0 aliphatic carbocycles. The summed E-state index contributed by atoms with van der Waals surface area (Å²) in [4.78, 5) is 23.3. The molecule has 6 heteroatoms. The summed E-state index contributed by atoms with van der Waals surface area (Å²) in [7, 11) is -1.72. The van der Waals surface area contributed by atoms with Crippen molar-refractivity contribution in [2.75, 3.05) is 5.32 Å². The van der Waals surface area contributed by atoms with Gasteiger partial charge in [-0.15, -0.1) is 0 Å². The molecule has 1 heterocycles. The molecule has 1 aliphatic heterocycles. The number of amides is 1. The second-order valence-electron chi connectivity index (χ2n) is 4.74. The van der Waals surface area contributed by atoms with E-state index in [1.54, 1.807) is 13.0 Å². The predicted molar refractivity (Wildman–Crippen MR) is 77.0 cm³/mol. The number of para-hydroxylation sites is 1. The van der Waals surface area contributed by atoms with Crippen LogP contribution in [0.1, 0.15) is 25.3 Å². The Bertz CT molecular complexity index is 558. The predicted octanol–water partition coefficient (Wildman–Crippen LogP) is 1.55. The second kappa shape index (κ2) is 6.17. The van der Waals surface area contributed by atoms with E-state index in [2.05, 4.69) is 5.32 Å². The zero-order chi connectivity index (χ0) is 14.7. The lowest BCUT2D eigenvalue weighted by Gasteiger charge is -2.17. The maximum atomic E-state index is 12.4. The highest BCUT2D eigenvalue weighted by Gasteiger charge is 2.35. The van der Waals surface area contributed by atoms with E-state index in [-0.39, 0.29) is 12.3 Å². The van der Waals surface area contributed by atoms with Gasteiger partial charge in [0.15, 0.2) is 0 Å². The molecule has 0 bridgehead atoms. The van der Waals surface area contributed by atoms with Crippen molar-refractivity contribution in [1.82, 2.24) is 0 Å². The van der Waals surface area contributed by atoms with Gasteiger partial charge in [-0.25, -0.2) is 0 Å². The number of anilines is 1. The quantitative estimate of drug-likeness (QED) is 0.883. The summed E-state index contributed by atoms with van der Waals surface area (Å²) in [5, 5.41) is 10.1. The molecule has 108 valence electrons. The molecule has 0 saturated heterocycles. The minimum atomic E-state index is -1.72. The van der Waals surface area contributed by atoms with E-state index in [4.69, 9.17) is 5.11 Å². The zero-order valence-electron chi connectivity index (χ0n) is 11.2. The van der Waals surface area contributed by atoms with Gasteiger partial charge in [-0.1, -0.05) is 25.1 Å². The number of carbonyl (C=O) groups is 2. The average molecular weight is 295 g/mol. The van der Waals surface area contributed by atoms with Crippen molar-refractivity contribution < 1.29 is 18.9 Å². The molecule has 20 heavy (non-hydrogen) atoms. The summed E-state index contributed by atoms with van der Waals surface area (Å²) in [5.41, 5.74) is 1.71. The summed E-state index contributed by atoms with van der Waals surface area (Å²) < 4.78 is 12.4. The van der Waals surface area contributed by atoms with Gasteiger partial charge in [-0.3, -0.25) is 13.8 Å². The third kappa shape index (κ3) is 2.90. The van der Waals surface area contributed by atoms with Gasteiger partial charge in [0.25, 0.3) is 0 Å². The van der Waals surface area contributed by atoms with E-state index in [1.807, 2.05) is 18.2 Å². The van der Waals surface area contributed by atoms with Crippen LogP contribution in [0.3, 0.4) is 0 Å². The van der Waals surface area contributed by atoms with Crippen molar-refractivity contribution in [2.24, 2.45) is 0 Å². The number of aryl methyl sites for hydroxylation is 1. The first-order valence-electron chi connectivity index (χ1n) is 6.55. The van der Waals surface area contributed by atoms with Crippen molar-refractivity contribution in [3.8, 4) is 0 Å². The molecule has 0 saturated carbocycles.